The number of hydrogen-bond acceptors (Lipinski definition) is 7. The van der Waals surface area contributed by atoms with Gasteiger partial charge in [-0.25, -0.2) is 14.6 Å². The van der Waals surface area contributed by atoms with Gasteiger partial charge >= 0.3 is 12.1 Å². The van der Waals surface area contributed by atoms with Crippen LogP contribution in [0.2, 0.25) is 0 Å². The summed E-state index contributed by atoms with van der Waals surface area (Å²) in [6, 6.07) is 0. The minimum Gasteiger partial charge on any atom is -0.464 e. The summed E-state index contributed by atoms with van der Waals surface area (Å²) in [6.07, 6.45) is -0.403. The average molecular weight is 328 g/mol. The molecule has 1 aliphatic heterocycles. The summed E-state index contributed by atoms with van der Waals surface area (Å²) < 4.78 is 15.5. The number of alkyl carbamates (subject to hydrolysis) is 1. The molecule has 1 amide bonds. The molecule has 1 saturated heterocycles. The third-order valence-corrected chi connectivity index (χ3v) is 4.02. The summed E-state index contributed by atoms with van der Waals surface area (Å²) >= 11 is 1.35. The van der Waals surface area contributed by atoms with Crippen LogP contribution in [0.15, 0.2) is 5.51 Å². The molecule has 1 N–H and O–H groups in total. The molecule has 1 fully saturated rings. The highest BCUT2D eigenvalue weighted by Crippen LogP contribution is 2.35. The van der Waals surface area contributed by atoms with Crippen molar-refractivity contribution in [3.05, 3.63) is 16.1 Å². The van der Waals surface area contributed by atoms with Gasteiger partial charge in [0.05, 0.1) is 12.6 Å². The summed E-state index contributed by atoms with van der Waals surface area (Å²) in [4.78, 5) is 28.4. The lowest BCUT2D eigenvalue weighted by molar-refractivity contribution is 0.0253. The Labute approximate surface area is 133 Å². The molecule has 1 aromatic heterocycles. The highest BCUT2D eigenvalue weighted by molar-refractivity contribution is 7.10. The van der Waals surface area contributed by atoms with Gasteiger partial charge in [0, 0.05) is 17.4 Å². The van der Waals surface area contributed by atoms with Gasteiger partial charge in [0.15, 0.2) is 5.69 Å². The third-order valence-electron chi connectivity index (χ3n) is 3.06. The molecular weight excluding hydrogens is 308 g/mol. The first-order valence-electron chi connectivity index (χ1n) is 6.94. The number of thiazole rings is 1. The van der Waals surface area contributed by atoms with Crippen molar-refractivity contribution in [3.63, 3.8) is 0 Å². The van der Waals surface area contributed by atoms with Crippen LogP contribution in [-0.4, -0.2) is 42.6 Å². The topological polar surface area (TPSA) is 86.8 Å². The summed E-state index contributed by atoms with van der Waals surface area (Å²) in [5.41, 5.74) is 1.28. The van der Waals surface area contributed by atoms with Gasteiger partial charge in [0.25, 0.3) is 0 Å². The van der Waals surface area contributed by atoms with Crippen molar-refractivity contribution < 1.29 is 23.8 Å². The Kier molecular flexibility index (Phi) is 5.02. The SMILES string of the molecule is COC(=O)c1ncsc1C1CCOC1NC(=O)OC(C)(C)C. The molecule has 1 aliphatic rings. The number of esters is 1. The zero-order valence-electron chi connectivity index (χ0n) is 13.0. The minimum atomic E-state index is -0.583. The van der Waals surface area contributed by atoms with E-state index in [9.17, 15) is 9.59 Å². The Morgan fingerprint density at radius 3 is 2.82 bits per heavy atom. The Hall–Kier alpha value is -1.67. The Balaban J connectivity index is 2.10. The highest BCUT2D eigenvalue weighted by Gasteiger charge is 2.36. The van der Waals surface area contributed by atoms with Crippen LogP contribution < -0.4 is 5.32 Å². The molecule has 0 aromatic carbocycles. The number of carbonyl (C=O) groups is 2. The lowest BCUT2D eigenvalue weighted by atomic mass is 10.0. The Morgan fingerprint density at radius 1 is 1.45 bits per heavy atom. The average Bonchev–Trinajstić information content (AvgIpc) is 3.03. The normalized spacial score (nSPS) is 21.5. The van der Waals surface area contributed by atoms with E-state index in [-0.39, 0.29) is 11.6 Å². The highest BCUT2D eigenvalue weighted by atomic mass is 32.1. The third kappa shape index (κ3) is 3.95. The van der Waals surface area contributed by atoms with Gasteiger partial charge in [0.1, 0.15) is 11.8 Å². The smallest absolute Gasteiger partial charge is 0.409 e. The summed E-state index contributed by atoms with van der Waals surface area (Å²) in [5.74, 6) is -0.631. The molecule has 2 unspecified atom stereocenters. The second-order valence-electron chi connectivity index (χ2n) is 5.89. The lowest BCUT2D eigenvalue weighted by Crippen LogP contribution is -2.41. The van der Waals surface area contributed by atoms with E-state index >= 15 is 0 Å². The molecule has 0 bridgehead atoms. The maximum atomic E-state index is 11.9. The quantitative estimate of drug-likeness (QED) is 0.857. The molecule has 0 aliphatic carbocycles. The molecule has 122 valence electrons. The zero-order valence-corrected chi connectivity index (χ0v) is 13.9. The fourth-order valence-electron chi connectivity index (χ4n) is 2.19. The van der Waals surface area contributed by atoms with Crippen molar-refractivity contribution in [3.8, 4) is 0 Å². The van der Waals surface area contributed by atoms with Crippen LogP contribution in [-0.2, 0) is 14.2 Å². The van der Waals surface area contributed by atoms with E-state index in [0.29, 0.717) is 13.0 Å². The van der Waals surface area contributed by atoms with Crippen LogP contribution in [0, 0.1) is 0 Å². The van der Waals surface area contributed by atoms with Crippen molar-refractivity contribution in [1.82, 2.24) is 10.3 Å². The van der Waals surface area contributed by atoms with E-state index < -0.39 is 23.9 Å². The number of rotatable bonds is 3. The summed E-state index contributed by atoms with van der Waals surface area (Å²) in [6.45, 7) is 5.86. The van der Waals surface area contributed by atoms with Crippen molar-refractivity contribution in [2.75, 3.05) is 13.7 Å². The van der Waals surface area contributed by atoms with E-state index in [1.165, 1.54) is 18.4 Å². The molecule has 22 heavy (non-hydrogen) atoms. The standard InChI is InChI=1S/C14H20N2O5S/c1-14(2,3)21-13(18)16-11-8(5-6-20-11)10-9(12(17)19-4)15-7-22-10/h7-8,11H,5-6H2,1-4H3,(H,16,18). The van der Waals surface area contributed by atoms with Gasteiger partial charge < -0.3 is 14.2 Å². The molecule has 0 radical (unpaired) electrons. The fraction of sp³-hybridized carbons (Fsp3) is 0.643. The molecule has 2 atom stereocenters. The summed E-state index contributed by atoms with van der Waals surface area (Å²) in [7, 11) is 1.31. The van der Waals surface area contributed by atoms with Crippen LogP contribution in [0.4, 0.5) is 4.79 Å². The first-order valence-corrected chi connectivity index (χ1v) is 7.82. The van der Waals surface area contributed by atoms with Crippen molar-refractivity contribution >= 4 is 23.4 Å². The molecule has 0 saturated carbocycles. The predicted molar refractivity (Wildman–Crippen MR) is 79.9 cm³/mol. The van der Waals surface area contributed by atoms with Crippen molar-refractivity contribution in [2.45, 2.75) is 44.9 Å². The molecule has 2 rings (SSSR count). The number of nitrogens with zero attached hydrogens (tertiary/aromatic N) is 1. The van der Waals surface area contributed by atoms with Crippen LogP contribution in [0.3, 0.4) is 0 Å². The molecule has 7 nitrogen and oxygen atoms in total. The number of nitrogens with one attached hydrogen (secondary N) is 1. The molecule has 8 heteroatoms. The second kappa shape index (κ2) is 6.62. The Morgan fingerprint density at radius 2 is 2.18 bits per heavy atom. The molecule has 2 heterocycles. The lowest BCUT2D eigenvalue weighted by Gasteiger charge is -2.23. The van der Waals surface area contributed by atoms with Crippen LogP contribution >= 0.6 is 11.3 Å². The van der Waals surface area contributed by atoms with E-state index in [4.69, 9.17) is 14.2 Å². The van der Waals surface area contributed by atoms with Gasteiger partial charge in [-0.3, -0.25) is 5.32 Å². The first kappa shape index (κ1) is 16.7. The van der Waals surface area contributed by atoms with Gasteiger partial charge in [-0.05, 0) is 27.2 Å². The Bertz CT molecular complexity index is 552. The molecular formula is C14H20N2O5S. The number of aromatic nitrogens is 1. The predicted octanol–water partition coefficient (Wildman–Crippen LogP) is 2.28. The van der Waals surface area contributed by atoms with Crippen molar-refractivity contribution in [2.24, 2.45) is 0 Å². The van der Waals surface area contributed by atoms with Crippen LogP contribution in [0.5, 0.6) is 0 Å². The van der Waals surface area contributed by atoms with E-state index in [1.807, 2.05) is 0 Å². The number of hydrogen-bond donors (Lipinski definition) is 1. The fourth-order valence-corrected chi connectivity index (χ4v) is 3.13. The summed E-state index contributed by atoms with van der Waals surface area (Å²) in [5, 5.41) is 2.70. The number of carbonyl (C=O) groups excluding carboxylic acids is 2. The van der Waals surface area contributed by atoms with Crippen molar-refractivity contribution in [1.29, 1.82) is 0 Å². The monoisotopic (exact) mass is 328 g/mol. The largest absolute Gasteiger partial charge is 0.464 e. The van der Waals surface area contributed by atoms with Gasteiger partial charge in [-0.1, -0.05) is 0 Å². The number of methoxy groups -OCH3 is 1. The first-order chi connectivity index (χ1) is 10.3. The van der Waals surface area contributed by atoms with E-state index in [0.717, 1.165) is 4.88 Å². The minimum absolute atomic E-state index is 0.144. The van der Waals surface area contributed by atoms with Crippen LogP contribution in [0.25, 0.3) is 0 Å². The maximum absolute atomic E-state index is 11.9. The van der Waals surface area contributed by atoms with Gasteiger partial charge in [0.2, 0.25) is 0 Å². The van der Waals surface area contributed by atoms with Crippen LogP contribution in [0.1, 0.15) is 48.5 Å². The van der Waals surface area contributed by atoms with Gasteiger partial charge in [-0.2, -0.15) is 0 Å². The maximum Gasteiger partial charge on any atom is 0.409 e. The molecule has 1 aromatic rings. The second-order valence-corrected chi connectivity index (χ2v) is 6.78. The van der Waals surface area contributed by atoms with E-state index in [2.05, 4.69) is 10.3 Å². The molecule has 0 spiro atoms. The zero-order chi connectivity index (χ0) is 16.3. The number of amides is 1. The van der Waals surface area contributed by atoms with E-state index in [1.54, 1.807) is 26.3 Å². The number of ether oxygens (including phenoxy) is 3. The van der Waals surface area contributed by atoms with Gasteiger partial charge in [-0.15, -0.1) is 11.3 Å².